The van der Waals surface area contributed by atoms with Crippen LogP contribution in [0.3, 0.4) is 0 Å². The van der Waals surface area contributed by atoms with Crippen LogP contribution >= 0.6 is 0 Å². The highest BCUT2D eigenvalue weighted by Gasteiger charge is 2.36. The van der Waals surface area contributed by atoms with E-state index < -0.39 is 21.4 Å². The standard InChI is InChI=1S/C12H17FN2O2S/c1-12(5-2-6-12)15-18(16,17)11-4-3-9(8-14)7-10(11)13/h3-4,7,15H,2,5-6,8,14H2,1H3. The van der Waals surface area contributed by atoms with Gasteiger partial charge in [-0.1, -0.05) is 6.07 Å². The normalized spacial score (nSPS) is 18.4. The molecule has 0 unspecified atom stereocenters. The van der Waals surface area contributed by atoms with Crippen LogP contribution in [-0.2, 0) is 16.6 Å². The average Bonchev–Trinajstić information content (AvgIpc) is 2.25. The Morgan fingerprint density at radius 3 is 2.56 bits per heavy atom. The van der Waals surface area contributed by atoms with E-state index in [1.54, 1.807) is 0 Å². The van der Waals surface area contributed by atoms with Gasteiger partial charge in [-0.3, -0.25) is 0 Å². The minimum absolute atomic E-state index is 0.183. The molecule has 1 fully saturated rings. The Morgan fingerprint density at radius 1 is 1.44 bits per heavy atom. The second-order valence-electron chi connectivity index (χ2n) is 4.99. The van der Waals surface area contributed by atoms with Gasteiger partial charge >= 0.3 is 0 Å². The minimum Gasteiger partial charge on any atom is -0.326 e. The van der Waals surface area contributed by atoms with Gasteiger partial charge in [0.25, 0.3) is 0 Å². The number of hydrogen-bond acceptors (Lipinski definition) is 3. The van der Waals surface area contributed by atoms with Crippen LogP contribution in [0.2, 0.25) is 0 Å². The summed E-state index contributed by atoms with van der Waals surface area (Å²) in [6, 6.07) is 3.96. The van der Waals surface area contributed by atoms with Crippen molar-refractivity contribution in [1.29, 1.82) is 0 Å². The van der Waals surface area contributed by atoms with Gasteiger partial charge < -0.3 is 5.73 Å². The molecular weight excluding hydrogens is 255 g/mol. The second kappa shape index (κ2) is 4.60. The van der Waals surface area contributed by atoms with Crippen LogP contribution in [-0.4, -0.2) is 14.0 Å². The molecule has 0 spiro atoms. The third-order valence-electron chi connectivity index (χ3n) is 3.36. The zero-order valence-electron chi connectivity index (χ0n) is 10.2. The first-order valence-electron chi connectivity index (χ1n) is 5.89. The molecule has 3 N–H and O–H groups in total. The Hall–Kier alpha value is -0.980. The summed E-state index contributed by atoms with van der Waals surface area (Å²) in [7, 11) is -3.80. The second-order valence-corrected chi connectivity index (χ2v) is 6.64. The molecule has 0 radical (unpaired) electrons. The predicted octanol–water partition coefficient (Wildman–Crippen LogP) is 1.51. The van der Waals surface area contributed by atoms with Crippen molar-refractivity contribution in [3.8, 4) is 0 Å². The van der Waals surface area contributed by atoms with E-state index in [2.05, 4.69) is 4.72 Å². The van der Waals surface area contributed by atoms with Gasteiger partial charge in [-0.2, -0.15) is 0 Å². The topological polar surface area (TPSA) is 72.2 Å². The SMILES string of the molecule is CC1(NS(=O)(=O)c2ccc(CN)cc2F)CCC1. The zero-order valence-corrected chi connectivity index (χ0v) is 11.1. The van der Waals surface area contributed by atoms with Gasteiger partial charge in [0.05, 0.1) is 0 Å². The van der Waals surface area contributed by atoms with E-state index in [0.717, 1.165) is 25.3 Å². The summed E-state index contributed by atoms with van der Waals surface area (Å²) in [5.74, 6) is -0.756. The predicted molar refractivity (Wildman–Crippen MR) is 66.9 cm³/mol. The van der Waals surface area contributed by atoms with Crippen LogP contribution in [0.5, 0.6) is 0 Å². The third-order valence-corrected chi connectivity index (χ3v) is 5.03. The fourth-order valence-electron chi connectivity index (χ4n) is 2.08. The molecule has 0 bridgehead atoms. The molecule has 0 aromatic heterocycles. The lowest BCUT2D eigenvalue weighted by atomic mass is 9.80. The molecule has 6 heteroatoms. The number of rotatable bonds is 4. The Kier molecular flexibility index (Phi) is 3.44. The number of halogens is 1. The molecule has 1 aromatic carbocycles. The van der Waals surface area contributed by atoms with Crippen molar-refractivity contribution in [2.24, 2.45) is 5.73 Å². The highest BCUT2D eigenvalue weighted by atomic mass is 32.2. The van der Waals surface area contributed by atoms with Crippen molar-refractivity contribution < 1.29 is 12.8 Å². The van der Waals surface area contributed by atoms with Gasteiger partial charge in [0.1, 0.15) is 10.7 Å². The molecule has 2 rings (SSSR count). The van der Waals surface area contributed by atoms with Crippen LogP contribution in [0.4, 0.5) is 4.39 Å². The van der Waals surface area contributed by atoms with E-state index in [1.807, 2.05) is 6.92 Å². The summed E-state index contributed by atoms with van der Waals surface area (Å²) in [5, 5.41) is 0. The maximum Gasteiger partial charge on any atom is 0.243 e. The van der Waals surface area contributed by atoms with Gasteiger partial charge in [0.2, 0.25) is 10.0 Å². The molecule has 0 saturated heterocycles. The molecule has 1 aliphatic rings. The number of sulfonamides is 1. The molecule has 0 atom stereocenters. The summed E-state index contributed by atoms with van der Waals surface area (Å²) in [4.78, 5) is -0.312. The number of hydrogen-bond donors (Lipinski definition) is 2. The number of nitrogens with one attached hydrogen (secondary N) is 1. The molecule has 4 nitrogen and oxygen atoms in total. The molecule has 0 amide bonds. The van der Waals surface area contributed by atoms with Crippen molar-refractivity contribution in [3.05, 3.63) is 29.6 Å². The van der Waals surface area contributed by atoms with Crippen molar-refractivity contribution in [1.82, 2.24) is 4.72 Å². The first kappa shape index (κ1) is 13.5. The summed E-state index contributed by atoms with van der Waals surface area (Å²) in [6.07, 6.45) is 2.57. The molecule has 1 aliphatic carbocycles. The molecule has 1 saturated carbocycles. The van der Waals surface area contributed by atoms with E-state index in [9.17, 15) is 12.8 Å². The third kappa shape index (κ3) is 2.55. The summed E-state index contributed by atoms with van der Waals surface area (Å²) in [6.45, 7) is 2.02. The van der Waals surface area contributed by atoms with Gasteiger partial charge in [-0.25, -0.2) is 17.5 Å². The summed E-state index contributed by atoms with van der Waals surface area (Å²) < 4.78 is 40.5. The fraction of sp³-hybridized carbons (Fsp3) is 0.500. The van der Waals surface area contributed by atoms with Crippen LogP contribution in [0, 0.1) is 5.82 Å². The van der Waals surface area contributed by atoms with Gasteiger partial charge in [0.15, 0.2) is 0 Å². The van der Waals surface area contributed by atoms with Crippen LogP contribution in [0.25, 0.3) is 0 Å². The van der Waals surface area contributed by atoms with Crippen molar-refractivity contribution >= 4 is 10.0 Å². The van der Waals surface area contributed by atoms with E-state index in [0.29, 0.717) is 5.56 Å². The van der Waals surface area contributed by atoms with Crippen molar-refractivity contribution in [2.45, 2.75) is 43.2 Å². The Balaban J connectivity index is 2.29. The van der Waals surface area contributed by atoms with Gasteiger partial charge in [0, 0.05) is 12.1 Å². The van der Waals surface area contributed by atoms with Crippen molar-refractivity contribution in [3.63, 3.8) is 0 Å². The van der Waals surface area contributed by atoms with Crippen molar-refractivity contribution in [2.75, 3.05) is 0 Å². The van der Waals surface area contributed by atoms with Crippen LogP contribution in [0.15, 0.2) is 23.1 Å². The van der Waals surface area contributed by atoms with Crippen LogP contribution < -0.4 is 10.5 Å². The zero-order chi connectivity index (χ0) is 13.4. The molecule has 18 heavy (non-hydrogen) atoms. The quantitative estimate of drug-likeness (QED) is 0.872. The lowest BCUT2D eigenvalue weighted by Crippen LogP contribution is -2.50. The smallest absolute Gasteiger partial charge is 0.243 e. The van der Waals surface area contributed by atoms with E-state index in [1.165, 1.54) is 12.1 Å². The molecule has 1 aromatic rings. The highest BCUT2D eigenvalue weighted by molar-refractivity contribution is 7.89. The largest absolute Gasteiger partial charge is 0.326 e. The Labute approximate surface area is 106 Å². The van der Waals surface area contributed by atoms with E-state index >= 15 is 0 Å². The summed E-state index contributed by atoms with van der Waals surface area (Å²) in [5.41, 5.74) is 5.52. The number of benzene rings is 1. The molecule has 0 heterocycles. The Morgan fingerprint density at radius 2 is 2.11 bits per heavy atom. The monoisotopic (exact) mass is 272 g/mol. The van der Waals surface area contributed by atoms with E-state index in [-0.39, 0.29) is 11.4 Å². The highest BCUT2D eigenvalue weighted by Crippen LogP contribution is 2.32. The lowest BCUT2D eigenvalue weighted by Gasteiger charge is -2.38. The fourth-order valence-corrected chi connectivity index (χ4v) is 3.60. The molecule has 0 aliphatic heterocycles. The molecular formula is C12H17FN2O2S. The summed E-state index contributed by atoms with van der Waals surface area (Å²) >= 11 is 0. The number of nitrogens with two attached hydrogens (primary N) is 1. The maximum absolute atomic E-state index is 13.8. The first-order valence-corrected chi connectivity index (χ1v) is 7.37. The Bertz CT molecular complexity index is 553. The first-order chi connectivity index (χ1) is 8.36. The molecule has 100 valence electrons. The lowest BCUT2D eigenvalue weighted by molar-refractivity contribution is 0.247. The van der Waals surface area contributed by atoms with Gasteiger partial charge in [-0.15, -0.1) is 0 Å². The average molecular weight is 272 g/mol. The van der Waals surface area contributed by atoms with Gasteiger partial charge in [-0.05, 0) is 43.9 Å². The van der Waals surface area contributed by atoms with E-state index in [4.69, 9.17) is 5.73 Å². The maximum atomic E-state index is 13.8. The van der Waals surface area contributed by atoms with Crippen LogP contribution in [0.1, 0.15) is 31.7 Å². The minimum atomic E-state index is -3.80.